The summed E-state index contributed by atoms with van der Waals surface area (Å²) in [6.07, 6.45) is 0.906. The van der Waals surface area contributed by atoms with E-state index in [9.17, 15) is 14.4 Å². The highest BCUT2D eigenvalue weighted by atomic mass is 31.2. The Bertz CT molecular complexity index is 1370. The summed E-state index contributed by atoms with van der Waals surface area (Å²) in [6, 6.07) is 20.0. The summed E-state index contributed by atoms with van der Waals surface area (Å²) in [7, 11) is -1.70. The minimum atomic E-state index is -1.70. The Morgan fingerprint density at radius 2 is 1.78 bits per heavy atom. The van der Waals surface area contributed by atoms with Crippen molar-refractivity contribution in [2.24, 2.45) is 5.92 Å². The first-order valence-corrected chi connectivity index (χ1v) is 14.7. The summed E-state index contributed by atoms with van der Waals surface area (Å²) in [5.41, 5.74) is -0.0190. The van der Waals surface area contributed by atoms with Crippen LogP contribution in [0.25, 0.3) is 0 Å². The van der Waals surface area contributed by atoms with Crippen molar-refractivity contribution in [1.29, 1.82) is 0 Å². The van der Waals surface area contributed by atoms with E-state index in [4.69, 9.17) is 23.3 Å². The molecule has 1 saturated heterocycles. The summed E-state index contributed by atoms with van der Waals surface area (Å²) in [6.45, 7) is 5.72. The van der Waals surface area contributed by atoms with Crippen molar-refractivity contribution in [2.75, 3.05) is 13.2 Å². The molecular formula is C29H36N3O8P. The molecule has 0 spiro atoms. The van der Waals surface area contributed by atoms with Gasteiger partial charge in [-0.25, -0.2) is 14.4 Å². The lowest BCUT2D eigenvalue weighted by Crippen LogP contribution is -2.41. The van der Waals surface area contributed by atoms with Crippen molar-refractivity contribution in [3.8, 4) is 5.75 Å². The fraction of sp³-hybridized carbons (Fsp3) is 0.414. The molecule has 0 bridgehead atoms. The number of ether oxygens (including phenoxy) is 3. The Morgan fingerprint density at radius 1 is 1.07 bits per heavy atom. The smallest absolute Gasteiger partial charge is 0.335 e. The van der Waals surface area contributed by atoms with Gasteiger partial charge in [0, 0.05) is 18.2 Å². The molecule has 4 atom stereocenters. The quantitative estimate of drug-likeness (QED) is 0.221. The first-order valence-electron chi connectivity index (χ1n) is 13.5. The second-order valence-electron chi connectivity index (χ2n) is 9.93. The molecule has 1 aromatic heterocycles. The van der Waals surface area contributed by atoms with E-state index in [0.717, 1.165) is 10.1 Å². The maximum Gasteiger partial charge on any atom is 0.335 e. The third-order valence-corrected chi connectivity index (χ3v) is 7.36. The molecule has 2 heterocycles. The zero-order valence-electron chi connectivity index (χ0n) is 23.4. The summed E-state index contributed by atoms with van der Waals surface area (Å²) < 4.78 is 31.5. The molecule has 0 radical (unpaired) electrons. The molecule has 41 heavy (non-hydrogen) atoms. The molecule has 0 aliphatic carbocycles. The molecule has 4 rings (SSSR count). The largest absolute Gasteiger partial charge is 0.462 e. The van der Waals surface area contributed by atoms with Crippen molar-refractivity contribution < 1.29 is 28.1 Å². The Kier molecular flexibility index (Phi) is 11.2. The van der Waals surface area contributed by atoms with E-state index in [1.807, 2.05) is 55.5 Å². The van der Waals surface area contributed by atoms with Crippen LogP contribution in [0, 0.1) is 5.92 Å². The average molecular weight is 586 g/mol. The number of benzene rings is 2. The molecule has 3 aromatic rings. The summed E-state index contributed by atoms with van der Waals surface area (Å²) in [4.78, 5) is 37.7. The van der Waals surface area contributed by atoms with E-state index >= 15 is 0 Å². The second kappa shape index (κ2) is 15.0. The van der Waals surface area contributed by atoms with Crippen LogP contribution in [0.1, 0.15) is 39.0 Å². The van der Waals surface area contributed by atoms with Crippen molar-refractivity contribution >= 4 is 14.5 Å². The first kappa shape index (κ1) is 30.6. The molecule has 12 heteroatoms. The van der Waals surface area contributed by atoms with Crippen LogP contribution < -0.4 is 20.9 Å². The highest BCUT2D eigenvalue weighted by molar-refractivity contribution is 7.45. The lowest BCUT2D eigenvalue weighted by molar-refractivity contribution is -0.145. The van der Waals surface area contributed by atoms with Gasteiger partial charge in [0.25, 0.3) is 5.56 Å². The first-order chi connectivity index (χ1) is 19.8. The van der Waals surface area contributed by atoms with E-state index < -0.39 is 32.0 Å². The predicted molar refractivity (Wildman–Crippen MR) is 153 cm³/mol. The maximum atomic E-state index is 13.2. The highest BCUT2D eigenvalue weighted by Crippen LogP contribution is 2.38. The molecular weight excluding hydrogens is 549 g/mol. The summed E-state index contributed by atoms with van der Waals surface area (Å²) in [5, 5.41) is 2.99. The number of nitrogens with zero attached hydrogens (tertiary/aromatic N) is 2. The van der Waals surface area contributed by atoms with Gasteiger partial charge in [0.15, 0.2) is 0 Å². The fourth-order valence-electron chi connectivity index (χ4n) is 4.30. The number of nitrogens with one attached hydrogen (secondary N) is 1. The normalized spacial score (nSPS) is 19.3. The van der Waals surface area contributed by atoms with Crippen molar-refractivity contribution in [3.05, 3.63) is 99.3 Å². The standard InChI is InChI=1S/C29H36N3O8P/c1-21(2)38-27(34)17-30-41(40-24-12-8-5-9-13-24)37-19-25-16-22(3)28(39-25)31-15-14-26(33)32(29(31)35)20-36-18-23-10-6-4-7-11-23/h4-15,21-22,25,28,30H,16-20H2,1-3H3. The SMILES string of the molecule is CC(C)OC(=O)CNP(OCC1CC(C)C(n2ccc(=O)n(COCc3ccccc3)c2=O)O1)Oc1ccccc1. The van der Waals surface area contributed by atoms with Gasteiger partial charge in [-0.05, 0) is 38.0 Å². The Balaban J connectivity index is 1.37. The molecule has 1 aliphatic heterocycles. The molecule has 1 N–H and O–H groups in total. The van der Waals surface area contributed by atoms with Gasteiger partial charge in [0.2, 0.25) is 0 Å². The molecule has 0 amide bonds. The number of aromatic nitrogens is 2. The van der Waals surface area contributed by atoms with Crippen LogP contribution in [0.2, 0.25) is 0 Å². The number of rotatable bonds is 14. The van der Waals surface area contributed by atoms with E-state index in [-0.39, 0.29) is 44.6 Å². The fourth-order valence-corrected chi connectivity index (χ4v) is 5.39. The predicted octanol–water partition coefficient (Wildman–Crippen LogP) is 3.97. The molecule has 0 saturated carbocycles. The van der Waals surface area contributed by atoms with Crippen molar-refractivity contribution in [1.82, 2.24) is 14.2 Å². The third kappa shape index (κ3) is 9.08. The van der Waals surface area contributed by atoms with Crippen LogP contribution in [0.3, 0.4) is 0 Å². The van der Waals surface area contributed by atoms with E-state index in [1.165, 1.54) is 16.8 Å². The second-order valence-corrected chi connectivity index (χ2v) is 11.2. The topological polar surface area (TPSA) is 119 Å². The zero-order chi connectivity index (χ0) is 29.2. The van der Waals surface area contributed by atoms with Gasteiger partial charge in [0.1, 0.15) is 25.3 Å². The number of esters is 1. The van der Waals surface area contributed by atoms with Gasteiger partial charge in [0.05, 0.1) is 25.4 Å². The van der Waals surface area contributed by atoms with Gasteiger partial charge < -0.3 is 23.3 Å². The molecule has 4 unspecified atom stereocenters. The number of para-hydroxylation sites is 1. The number of hydrogen-bond acceptors (Lipinski definition) is 9. The molecule has 2 aromatic carbocycles. The number of carbonyl (C=O) groups is 1. The van der Waals surface area contributed by atoms with Crippen molar-refractivity contribution in [2.45, 2.75) is 59.0 Å². The van der Waals surface area contributed by atoms with E-state index in [0.29, 0.717) is 12.2 Å². The zero-order valence-corrected chi connectivity index (χ0v) is 24.3. The molecule has 220 valence electrons. The summed E-state index contributed by atoms with van der Waals surface area (Å²) >= 11 is 0. The van der Waals surface area contributed by atoms with Crippen LogP contribution >= 0.6 is 8.53 Å². The van der Waals surface area contributed by atoms with Gasteiger partial charge in [-0.3, -0.25) is 14.2 Å². The summed E-state index contributed by atoms with van der Waals surface area (Å²) in [5.74, 6) is 0.138. The van der Waals surface area contributed by atoms with Gasteiger partial charge in [-0.2, -0.15) is 0 Å². The Morgan fingerprint density at radius 3 is 2.49 bits per heavy atom. The van der Waals surface area contributed by atoms with Crippen LogP contribution in [-0.2, 0) is 36.9 Å². The Hall–Kier alpha value is -3.34. The van der Waals surface area contributed by atoms with Crippen LogP contribution in [0.5, 0.6) is 5.75 Å². The molecule has 1 fully saturated rings. The molecule has 11 nitrogen and oxygen atoms in total. The monoisotopic (exact) mass is 585 g/mol. The van der Waals surface area contributed by atoms with E-state index in [1.54, 1.807) is 26.0 Å². The number of hydrogen-bond donors (Lipinski definition) is 1. The maximum absolute atomic E-state index is 13.2. The molecule has 1 aliphatic rings. The van der Waals surface area contributed by atoms with Crippen LogP contribution in [0.15, 0.2) is 82.5 Å². The highest BCUT2D eigenvalue weighted by Gasteiger charge is 2.35. The third-order valence-electron chi connectivity index (χ3n) is 6.18. The van der Waals surface area contributed by atoms with E-state index in [2.05, 4.69) is 5.09 Å². The number of carbonyl (C=O) groups excluding carboxylic acids is 1. The van der Waals surface area contributed by atoms with Crippen LogP contribution in [-0.4, -0.2) is 40.5 Å². The van der Waals surface area contributed by atoms with Crippen molar-refractivity contribution in [3.63, 3.8) is 0 Å². The Labute approximate surface area is 239 Å². The minimum Gasteiger partial charge on any atom is -0.462 e. The van der Waals surface area contributed by atoms with Gasteiger partial charge >= 0.3 is 20.2 Å². The average Bonchev–Trinajstić information content (AvgIpc) is 3.32. The lowest BCUT2D eigenvalue weighted by Gasteiger charge is -2.21. The lowest BCUT2D eigenvalue weighted by atomic mass is 10.1. The van der Waals surface area contributed by atoms with Gasteiger partial charge in [-0.1, -0.05) is 55.5 Å². The van der Waals surface area contributed by atoms with Crippen LogP contribution in [0.4, 0.5) is 0 Å². The minimum absolute atomic E-state index is 0.0345. The van der Waals surface area contributed by atoms with Gasteiger partial charge in [-0.15, -0.1) is 0 Å².